The van der Waals surface area contributed by atoms with Crippen molar-refractivity contribution in [2.24, 2.45) is 11.1 Å². The van der Waals surface area contributed by atoms with Gasteiger partial charge in [-0.25, -0.2) is 13.8 Å². The van der Waals surface area contributed by atoms with Gasteiger partial charge in [0.15, 0.2) is 5.82 Å². The molecule has 32 heavy (non-hydrogen) atoms. The number of halogens is 3. The van der Waals surface area contributed by atoms with Crippen LogP contribution >= 0.6 is 12.4 Å². The summed E-state index contributed by atoms with van der Waals surface area (Å²) in [5.41, 5.74) is 9.73. The summed E-state index contributed by atoms with van der Waals surface area (Å²) in [6, 6.07) is 11.9. The fourth-order valence-electron chi connectivity index (χ4n) is 3.22. The van der Waals surface area contributed by atoms with E-state index in [1.54, 1.807) is 6.07 Å². The largest absolute Gasteiger partial charge is 0.457 e. The monoisotopic (exact) mass is 460 g/mol. The van der Waals surface area contributed by atoms with E-state index >= 15 is 4.39 Å². The van der Waals surface area contributed by atoms with Crippen LogP contribution in [0.1, 0.15) is 12.8 Å². The smallest absolute Gasteiger partial charge is 0.247 e. The number of hydrogen-bond acceptors (Lipinski definition) is 5. The molecule has 2 aromatic carbocycles. The summed E-state index contributed by atoms with van der Waals surface area (Å²) >= 11 is 0. The maximum atomic E-state index is 15.1. The van der Waals surface area contributed by atoms with Crippen molar-refractivity contribution in [1.29, 1.82) is 0 Å². The first-order valence-electron chi connectivity index (χ1n) is 9.39. The minimum absolute atomic E-state index is 0. The first-order chi connectivity index (χ1) is 14.8. The highest BCUT2D eigenvalue weighted by atomic mass is 35.5. The van der Waals surface area contributed by atoms with E-state index in [9.17, 15) is 14.0 Å². The van der Waals surface area contributed by atoms with Crippen molar-refractivity contribution in [1.82, 2.24) is 4.98 Å². The van der Waals surface area contributed by atoms with Crippen molar-refractivity contribution in [3.8, 4) is 11.5 Å². The molecule has 166 valence electrons. The molecule has 0 radical (unpaired) electrons. The molecule has 4 rings (SSSR count). The number of aromatic nitrogens is 1. The number of amides is 2. The number of carbonyl (C=O) groups excluding carboxylic acids is 2. The lowest BCUT2D eigenvalue weighted by atomic mass is 10.0. The molecule has 4 N–H and O–H groups in total. The van der Waals surface area contributed by atoms with E-state index in [2.05, 4.69) is 4.98 Å². The van der Waals surface area contributed by atoms with E-state index < -0.39 is 28.9 Å². The van der Waals surface area contributed by atoms with E-state index in [1.165, 1.54) is 36.5 Å². The number of anilines is 3. The summed E-state index contributed by atoms with van der Waals surface area (Å²) in [6.45, 7) is 0. The van der Waals surface area contributed by atoms with Gasteiger partial charge in [-0.3, -0.25) is 14.5 Å². The lowest BCUT2D eigenvalue weighted by Gasteiger charge is -2.27. The summed E-state index contributed by atoms with van der Waals surface area (Å²) in [4.78, 5) is 30.0. The molecular weight excluding hydrogens is 442 g/mol. The number of rotatable bonds is 6. The second kappa shape index (κ2) is 8.80. The highest BCUT2D eigenvalue weighted by molar-refractivity contribution is 6.16. The first-order valence-corrected chi connectivity index (χ1v) is 9.39. The molecule has 0 bridgehead atoms. The van der Waals surface area contributed by atoms with Crippen molar-refractivity contribution >= 4 is 41.4 Å². The van der Waals surface area contributed by atoms with Crippen molar-refractivity contribution in [2.45, 2.75) is 12.8 Å². The molecule has 1 aromatic heterocycles. The number of hydrogen-bond donors (Lipinski definition) is 2. The number of carbonyl (C=O) groups is 2. The molecule has 2 amide bonds. The summed E-state index contributed by atoms with van der Waals surface area (Å²) in [5.74, 6) is -1.98. The van der Waals surface area contributed by atoms with E-state index in [0.717, 1.165) is 23.1 Å². The summed E-state index contributed by atoms with van der Waals surface area (Å²) in [5, 5.41) is 0. The van der Waals surface area contributed by atoms with Crippen LogP contribution in [0.5, 0.6) is 11.5 Å². The van der Waals surface area contributed by atoms with Crippen LogP contribution in [0.2, 0.25) is 0 Å². The molecule has 1 fully saturated rings. The van der Waals surface area contributed by atoms with Crippen LogP contribution in [0.4, 0.5) is 26.0 Å². The Kier molecular flexibility index (Phi) is 6.31. The zero-order valence-corrected chi connectivity index (χ0v) is 17.4. The molecule has 0 unspecified atom stereocenters. The van der Waals surface area contributed by atoms with Gasteiger partial charge in [-0.15, -0.1) is 12.4 Å². The number of nitrogens with zero attached hydrogens (tertiary/aromatic N) is 2. The minimum Gasteiger partial charge on any atom is -0.457 e. The fraction of sp³-hybridized carbons (Fsp3) is 0.136. The number of ether oxygens (including phenoxy) is 1. The highest BCUT2D eigenvalue weighted by Crippen LogP contribution is 2.49. The Morgan fingerprint density at radius 3 is 2.22 bits per heavy atom. The van der Waals surface area contributed by atoms with Crippen LogP contribution in [-0.2, 0) is 9.59 Å². The van der Waals surface area contributed by atoms with Crippen molar-refractivity contribution in [3.63, 3.8) is 0 Å². The van der Waals surface area contributed by atoms with Gasteiger partial charge in [-0.1, -0.05) is 0 Å². The molecule has 1 aliphatic rings. The molecule has 1 heterocycles. The SMILES string of the molecule is Cl.NC(=O)C1(C(=O)N(c2ccc(F)cc2)c2ccc(Oc3ccnc(N)c3)cc2F)CC1. The van der Waals surface area contributed by atoms with Crippen molar-refractivity contribution < 1.29 is 23.1 Å². The Morgan fingerprint density at radius 1 is 1.00 bits per heavy atom. The molecule has 0 atom stereocenters. The fourth-order valence-corrected chi connectivity index (χ4v) is 3.22. The third-order valence-electron chi connectivity index (χ3n) is 5.07. The van der Waals surface area contributed by atoms with Crippen LogP contribution in [0.25, 0.3) is 0 Å². The quantitative estimate of drug-likeness (QED) is 0.538. The second-order valence-electron chi connectivity index (χ2n) is 7.20. The summed E-state index contributed by atoms with van der Waals surface area (Å²) < 4.78 is 34.1. The normalized spacial score (nSPS) is 13.6. The minimum atomic E-state index is -1.40. The van der Waals surface area contributed by atoms with E-state index in [-0.39, 0.29) is 48.2 Å². The molecule has 3 aromatic rings. The molecule has 1 saturated carbocycles. The van der Waals surface area contributed by atoms with Crippen LogP contribution in [0.15, 0.2) is 60.8 Å². The van der Waals surface area contributed by atoms with E-state index in [1.807, 2.05) is 0 Å². The van der Waals surface area contributed by atoms with Gasteiger partial charge in [0.25, 0.3) is 0 Å². The molecule has 0 saturated heterocycles. The summed E-state index contributed by atoms with van der Waals surface area (Å²) in [6.07, 6.45) is 1.99. The Balaban J connectivity index is 0.00000289. The lowest BCUT2D eigenvalue weighted by Crippen LogP contribution is -2.41. The average Bonchev–Trinajstić information content (AvgIpc) is 3.53. The van der Waals surface area contributed by atoms with Crippen LogP contribution < -0.4 is 21.1 Å². The maximum absolute atomic E-state index is 15.1. The third-order valence-corrected chi connectivity index (χ3v) is 5.07. The standard InChI is InChI=1S/C22H18F2N4O3.ClH/c23-13-1-3-14(4-2-13)28(21(30)22(8-9-22)20(26)29)18-6-5-15(11-17(18)24)31-16-7-10-27-19(25)12-16;/h1-7,10-12H,8-9H2,(H2,25,27)(H2,26,29);1H. The predicted octanol–water partition coefficient (Wildman–Crippen LogP) is 4.09. The van der Waals surface area contributed by atoms with Crippen LogP contribution in [0, 0.1) is 17.0 Å². The predicted molar refractivity (Wildman–Crippen MR) is 117 cm³/mol. The number of benzene rings is 2. The second-order valence-corrected chi connectivity index (χ2v) is 7.20. The average molecular weight is 461 g/mol. The van der Waals surface area contributed by atoms with E-state index in [4.69, 9.17) is 16.2 Å². The number of nitrogen functional groups attached to an aromatic ring is 1. The van der Waals surface area contributed by atoms with Gasteiger partial charge < -0.3 is 16.2 Å². The zero-order valence-electron chi connectivity index (χ0n) is 16.6. The Labute approximate surface area is 188 Å². The van der Waals surface area contributed by atoms with E-state index in [0.29, 0.717) is 5.75 Å². The zero-order chi connectivity index (χ0) is 22.2. The third kappa shape index (κ3) is 4.33. The Bertz CT molecular complexity index is 1170. The van der Waals surface area contributed by atoms with Gasteiger partial charge in [-0.05, 0) is 55.3 Å². The lowest BCUT2D eigenvalue weighted by molar-refractivity contribution is -0.133. The van der Waals surface area contributed by atoms with Crippen LogP contribution in [0.3, 0.4) is 0 Å². The maximum Gasteiger partial charge on any atom is 0.247 e. The van der Waals surface area contributed by atoms with Gasteiger partial charge >= 0.3 is 0 Å². The van der Waals surface area contributed by atoms with Gasteiger partial charge in [0.1, 0.15) is 28.5 Å². The molecule has 10 heteroatoms. The van der Waals surface area contributed by atoms with Crippen molar-refractivity contribution in [3.05, 3.63) is 72.4 Å². The molecular formula is C22H19ClF2N4O3. The first kappa shape index (κ1) is 23.0. The topological polar surface area (TPSA) is 112 Å². The Morgan fingerprint density at radius 2 is 1.66 bits per heavy atom. The van der Waals surface area contributed by atoms with Gasteiger partial charge in [0.2, 0.25) is 11.8 Å². The summed E-state index contributed by atoms with van der Waals surface area (Å²) in [7, 11) is 0. The number of nitrogens with two attached hydrogens (primary N) is 2. The highest BCUT2D eigenvalue weighted by Gasteiger charge is 2.57. The molecule has 7 nitrogen and oxygen atoms in total. The molecule has 0 aliphatic heterocycles. The van der Waals surface area contributed by atoms with Gasteiger partial charge in [0, 0.05) is 24.0 Å². The molecule has 1 aliphatic carbocycles. The Hall–Kier alpha value is -3.72. The molecule has 0 spiro atoms. The van der Waals surface area contributed by atoms with Gasteiger partial charge in [0.05, 0.1) is 5.69 Å². The van der Waals surface area contributed by atoms with Gasteiger partial charge in [-0.2, -0.15) is 0 Å². The van der Waals surface area contributed by atoms with Crippen LogP contribution in [-0.4, -0.2) is 16.8 Å². The number of primary amides is 1. The van der Waals surface area contributed by atoms with Crippen molar-refractivity contribution in [2.75, 3.05) is 10.6 Å². The number of pyridine rings is 1.